The van der Waals surface area contributed by atoms with E-state index in [2.05, 4.69) is 19.2 Å². The first-order valence-corrected chi connectivity index (χ1v) is 6.18. The molecule has 0 saturated carbocycles. The number of nitrogens with two attached hydrogens (primary N) is 2. The van der Waals surface area contributed by atoms with E-state index in [-0.39, 0.29) is 0 Å². The largest absolute Gasteiger partial charge is 0.490 e. The molecule has 0 aliphatic heterocycles. The number of rotatable bonds is 7. The molecular weight excluding hydrogens is 214 g/mol. The predicted molar refractivity (Wildman–Crippen MR) is 73.1 cm³/mol. The third-order valence-electron chi connectivity index (χ3n) is 2.81. The van der Waals surface area contributed by atoms with Gasteiger partial charge in [0.15, 0.2) is 0 Å². The van der Waals surface area contributed by atoms with Gasteiger partial charge in [0.1, 0.15) is 12.4 Å². The summed E-state index contributed by atoms with van der Waals surface area (Å²) in [5.74, 6) is 0.700. The minimum absolute atomic E-state index is 0.572. The van der Waals surface area contributed by atoms with Crippen LogP contribution in [-0.2, 0) is 0 Å². The van der Waals surface area contributed by atoms with Crippen molar-refractivity contribution in [3.8, 4) is 5.75 Å². The summed E-state index contributed by atoms with van der Waals surface area (Å²) in [4.78, 5) is 0. The maximum Gasteiger partial charge on any atom is 0.142 e. The van der Waals surface area contributed by atoms with Gasteiger partial charge >= 0.3 is 0 Å². The molecule has 1 aromatic rings. The van der Waals surface area contributed by atoms with Crippen LogP contribution in [0.4, 0.5) is 11.4 Å². The van der Waals surface area contributed by atoms with Crippen LogP contribution in [0.5, 0.6) is 5.75 Å². The zero-order valence-electron chi connectivity index (χ0n) is 10.7. The first-order chi connectivity index (χ1) is 8.17. The molecule has 0 bridgehead atoms. The van der Waals surface area contributed by atoms with Crippen molar-refractivity contribution in [3.63, 3.8) is 0 Å². The van der Waals surface area contributed by atoms with Crippen LogP contribution in [0, 0.1) is 0 Å². The fraction of sp³-hybridized carbons (Fsp3) is 0.538. The topological polar surface area (TPSA) is 73.3 Å². The first-order valence-electron chi connectivity index (χ1n) is 6.18. The number of hydrogen-bond acceptors (Lipinski definition) is 4. The lowest BCUT2D eigenvalue weighted by Crippen LogP contribution is -2.31. The van der Waals surface area contributed by atoms with Crippen LogP contribution < -0.4 is 21.5 Å². The van der Waals surface area contributed by atoms with Gasteiger partial charge in [-0.15, -0.1) is 0 Å². The third-order valence-corrected chi connectivity index (χ3v) is 2.81. The lowest BCUT2D eigenvalue weighted by molar-refractivity contribution is 0.304. The molecule has 1 rings (SSSR count). The Kier molecular flexibility index (Phi) is 5.63. The van der Waals surface area contributed by atoms with E-state index < -0.39 is 0 Å². The van der Waals surface area contributed by atoms with Crippen LogP contribution in [0.1, 0.15) is 26.7 Å². The van der Waals surface area contributed by atoms with E-state index >= 15 is 0 Å². The van der Waals surface area contributed by atoms with Gasteiger partial charge in [0.2, 0.25) is 0 Å². The standard InChI is InChI=1S/C13H23N3O/c1-3-11(4-2)16-7-8-17-13-6-5-10(14)9-12(13)15/h5-6,9,11,16H,3-4,7-8,14-15H2,1-2H3. The van der Waals surface area contributed by atoms with Crippen molar-refractivity contribution in [2.24, 2.45) is 0 Å². The summed E-state index contributed by atoms with van der Waals surface area (Å²) in [5, 5.41) is 3.43. The molecule has 0 aliphatic rings. The normalized spacial score (nSPS) is 10.8. The Morgan fingerprint density at radius 2 is 1.94 bits per heavy atom. The Bertz CT molecular complexity index is 337. The summed E-state index contributed by atoms with van der Waals surface area (Å²) in [6, 6.07) is 5.88. The second-order valence-corrected chi connectivity index (χ2v) is 4.11. The smallest absolute Gasteiger partial charge is 0.142 e. The predicted octanol–water partition coefficient (Wildman–Crippen LogP) is 2.01. The molecule has 0 heterocycles. The third kappa shape index (κ3) is 4.53. The Hall–Kier alpha value is -1.42. The van der Waals surface area contributed by atoms with E-state index in [0.29, 0.717) is 29.8 Å². The Morgan fingerprint density at radius 3 is 2.53 bits per heavy atom. The summed E-state index contributed by atoms with van der Waals surface area (Å²) in [6.45, 7) is 5.81. The number of anilines is 2. The number of ether oxygens (including phenoxy) is 1. The van der Waals surface area contributed by atoms with Gasteiger partial charge in [-0.05, 0) is 31.0 Å². The Morgan fingerprint density at radius 1 is 1.24 bits per heavy atom. The van der Waals surface area contributed by atoms with Gasteiger partial charge in [-0.3, -0.25) is 0 Å². The minimum atomic E-state index is 0.572. The summed E-state index contributed by atoms with van der Waals surface area (Å²) in [5.41, 5.74) is 12.6. The van der Waals surface area contributed by atoms with E-state index in [1.165, 1.54) is 0 Å². The van der Waals surface area contributed by atoms with E-state index in [0.717, 1.165) is 19.4 Å². The highest BCUT2D eigenvalue weighted by Crippen LogP contribution is 2.23. The minimum Gasteiger partial charge on any atom is -0.490 e. The lowest BCUT2D eigenvalue weighted by atomic mass is 10.2. The van der Waals surface area contributed by atoms with E-state index in [1.807, 2.05) is 6.07 Å². The van der Waals surface area contributed by atoms with Crippen molar-refractivity contribution >= 4 is 11.4 Å². The van der Waals surface area contributed by atoms with Gasteiger partial charge in [0, 0.05) is 18.3 Å². The zero-order chi connectivity index (χ0) is 12.7. The molecule has 0 atom stereocenters. The maximum absolute atomic E-state index is 5.79. The molecule has 0 spiro atoms. The number of hydrogen-bond donors (Lipinski definition) is 3. The molecule has 4 heteroatoms. The van der Waals surface area contributed by atoms with Crippen LogP contribution >= 0.6 is 0 Å². The average molecular weight is 237 g/mol. The SMILES string of the molecule is CCC(CC)NCCOc1ccc(N)cc1N. The van der Waals surface area contributed by atoms with Gasteiger partial charge in [-0.25, -0.2) is 0 Å². The Labute approximate surface area is 103 Å². The summed E-state index contributed by atoms with van der Waals surface area (Å²) >= 11 is 0. The molecule has 0 saturated heterocycles. The fourth-order valence-corrected chi connectivity index (χ4v) is 1.70. The van der Waals surface area contributed by atoms with Crippen LogP contribution in [0.25, 0.3) is 0 Å². The van der Waals surface area contributed by atoms with Gasteiger partial charge in [0.25, 0.3) is 0 Å². The molecule has 4 nitrogen and oxygen atoms in total. The molecule has 1 aromatic carbocycles. The molecule has 17 heavy (non-hydrogen) atoms. The highest BCUT2D eigenvalue weighted by molar-refractivity contribution is 5.60. The van der Waals surface area contributed by atoms with Crippen LogP contribution in [0.15, 0.2) is 18.2 Å². The molecule has 5 N–H and O–H groups in total. The van der Waals surface area contributed by atoms with Crippen molar-refractivity contribution in [1.29, 1.82) is 0 Å². The quantitative estimate of drug-likeness (QED) is 0.501. The monoisotopic (exact) mass is 237 g/mol. The molecule has 0 fully saturated rings. The van der Waals surface area contributed by atoms with Crippen molar-refractivity contribution in [3.05, 3.63) is 18.2 Å². The molecular formula is C13H23N3O. The van der Waals surface area contributed by atoms with Crippen molar-refractivity contribution in [2.75, 3.05) is 24.6 Å². The fourth-order valence-electron chi connectivity index (χ4n) is 1.70. The van der Waals surface area contributed by atoms with Crippen LogP contribution in [-0.4, -0.2) is 19.2 Å². The van der Waals surface area contributed by atoms with Crippen molar-refractivity contribution in [2.45, 2.75) is 32.7 Å². The highest BCUT2D eigenvalue weighted by atomic mass is 16.5. The molecule has 96 valence electrons. The molecule has 0 aromatic heterocycles. The molecule has 0 unspecified atom stereocenters. The van der Waals surface area contributed by atoms with Gasteiger partial charge in [-0.2, -0.15) is 0 Å². The summed E-state index contributed by atoms with van der Waals surface area (Å²) < 4.78 is 5.59. The molecule has 0 aliphatic carbocycles. The van der Waals surface area contributed by atoms with Crippen molar-refractivity contribution in [1.82, 2.24) is 5.32 Å². The second-order valence-electron chi connectivity index (χ2n) is 4.11. The zero-order valence-corrected chi connectivity index (χ0v) is 10.7. The summed E-state index contributed by atoms with van der Waals surface area (Å²) in [6.07, 6.45) is 2.28. The number of nitrogen functional groups attached to an aromatic ring is 2. The second kappa shape index (κ2) is 7.01. The van der Waals surface area contributed by atoms with Crippen molar-refractivity contribution < 1.29 is 4.74 Å². The van der Waals surface area contributed by atoms with Gasteiger partial charge in [0.05, 0.1) is 5.69 Å². The lowest BCUT2D eigenvalue weighted by Gasteiger charge is -2.15. The van der Waals surface area contributed by atoms with Crippen LogP contribution in [0.3, 0.4) is 0 Å². The Balaban J connectivity index is 2.31. The summed E-state index contributed by atoms with van der Waals surface area (Å²) in [7, 11) is 0. The first kappa shape index (κ1) is 13.6. The number of nitrogens with one attached hydrogen (secondary N) is 1. The van der Waals surface area contributed by atoms with Gasteiger partial charge in [-0.1, -0.05) is 13.8 Å². The number of benzene rings is 1. The average Bonchev–Trinajstić information content (AvgIpc) is 2.32. The maximum atomic E-state index is 5.79. The van der Waals surface area contributed by atoms with E-state index in [1.54, 1.807) is 12.1 Å². The van der Waals surface area contributed by atoms with E-state index in [4.69, 9.17) is 16.2 Å². The van der Waals surface area contributed by atoms with Gasteiger partial charge < -0.3 is 21.5 Å². The molecule has 0 radical (unpaired) electrons. The van der Waals surface area contributed by atoms with E-state index in [9.17, 15) is 0 Å². The molecule has 0 amide bonds. The van der Waals surface area contributed by atoms with Crippen LogP contribution in [0.2, 0.25) is 0 Å². The highest BCUT2D eigenvalue weighted by Gasteiger charge is 2.03.